The first-order chi connectivity index (χ1) is 24.1. The van der Waals surface area contributed by atoms with E-state index in [0.29, 0.717) is 64.5 Å². The van der Waals surface area contributed by atoms with Gasteiger partial charge in [-0.2, -0.15) is 0 Å². The lowest BCUT2D eigenvalue weighted by molar-refractivity contribution is -0.110. The summed E-state index contributed by atoms with van der Waals surface area (Å²) in [7, 11) is 0. The molecule has 0 spiro atoms. The molecule has 0 radical (unpaired) electrons. The summed E-state index contributed by atoms with van der Waals surface area (Å²) in [5.41, 5.74) is 13.3. The van der Waals surface area contributed by atoms with Gasteiger partial charge in [-0.25, -0.2) is 9.18 Å². The number of rotatable bonds is 11. The van der Waals surface area contributed by atoms with Crippen LogP contribution in [-0.4, -0.2) is 73.0 Å². The van der Waals surface area contributed by atoms with Gasteiger partial charge in [-0.15, -0.1) is 0 Å². The third kappa shape index (κ3) is 6.49. The van der Waals surface area contributed by atoms with Crippen LogP contribution >= 0.6 is 0 Å². The molecule has 0 bridgehead atoms. The molecule has 0 fully saturated rings. The number of H-pyrrole nitrogens is 1. The number of anilines is 1. The predicted octanol–water partition coefficient (Wildman–Crippen LogP) is 4.95. The van der Waals surface area contributed by atoms with Crippen LogP contribution in [-0.2, 0) is 9.53 Å². The van der Waals surface area contributed by atoms with Crippen LogP contribution in [0.5, 0.6) is 0 Å². The maximum Gasteiger partial charge on any atom is 0.409 e. The highest BCUT2D eigenvalue weighted by atomic mass is 19.1. The number of aromatic amines is 1. The van der Waals surface area contributed by atoms with E-state index in [1.54, 1.807) is 26.0 Å². The van der Waals surface area contributed by atoms with E-state index in [4.69, 9.17) is 10.5 Å². The highest BCUT2D eigenvalue weighted by Crippen LogP contribution is 2.46. The van der Waals surface area contributed by atoms with E-state index in [1.807, 2.05) is 43.3 Å². The Balaban J connectivity index is 1.09. The topological polar surface area (TPSA) is 159 Å². The predicted molar refractivity (Wildman–Crippen MR) is 189 cm³/mol. The first kappa shape index (κ1) is 34.1. The van der Waals surface area contributed by atoms with Crippen molar-refractivity contribution in [3.05, 3.63) is 111 Å². The summed E-state index contributed by atoms with van der Waals surface area (Å²) in [6, 6.07) is 17.5. The summed E-state index contributed by atoms with van der Waals surface area (Å²) in [6.07, 6.45) is 1.10. The number of halogens is 1. The molecule has 2 heterocycles. The number of fused-ring (bicyclic) bond motifs is 4. The fraction of sp³-hybridized carbons (Fsp3) is 0.263. The molecule has 1 atom stereocenters. The van der Waals surface area contributed by atoms with Gasteiger partial charge >= 0.3 is 6.09 Å². The van der Waals surface area contributed by atoms with Gasteiger partial charge in [-0.1, -0.05) is 36.4 Å². The third-order valence-corrected chi connectivity index (χ3v) is 9.19. The molecule has 2 aliphatic rings. The summed E-state index contributed by atoms with van der Waals surface area (Å²) >= 11 is 0. The molecule has 3 aromatic carbocycles. The van der Waals surface area contributed by atoms with Gasteiger partial charge in [0.15, 0.2) is 0 Å². The number of aryl methyl sites for hydroxylation is 1. The van der Waals surface area contributed by atoms with E-state index >= 15 is 0 Å². The average Bonchev–Trinajstić information content (AvgIpc) is 3.71. The van der Waals surface area contributed by atoms with E-state index < -0.39 is 11.9 Å². The zero-order valence-electron chi connectivity index (χ0n) is 28.1. The van der Waals surface area contributed by atoms with Gasteiger partial charge in [0.2, 0.25) is 0 Å². The van der Waals surface area contributed by atoms with E-state index in [-0.39, 0.29) is 43.3 Å². The zero-order valence-corrected chi connectivity index (χ0v) is 28.1. The molecule has 1 unspecified atom stereocenters. The minimum absolute atomic E-state index is 0.0781. The second-order valence-electron chi connectivity index (χ2n) is 12.2. The van der Waals surface area contributed by atoms with Gasteiger partial charge in [0.05, 0.1) is 11.1 Å². The van der Waals surface area contributed by atoms with Gasteiger partial charge in [0.1, 0.15) is 12.4 Å². The number of aromatic nitrogens is 1. The lowest BCUT2D eigenvalue weighted by atomic mass is 9.96. The Bertz CT molecular complexity index is 2040. The normalized spacial score (nSPS) is 14.9. The van der Waals surface area contributed by atoms with Crippen molar-refractivity contribution in [2.24, 2.45) is 5.73 Å². The first-order valence-corrected chi connectivity index (χ1v) is 16.5. The second kappa shape index (κ2) is 14.4. The van der Waals surface area contributed by atoms with Crippen LogP contribution in [0.3, 0.4) is 0 Å². The number of nitrogens with one attached hydrogen (secondary N) is 4. The highest BCUT2D eigenvalue weighted by molar-refractivity contribution is 6.35. The van der Waals surface area contributed by atoms with Crippen LogP contribution in [0.25, 0.3) is 22.8 Å². The average molecular weight is 679 g/mol. The van der Waals surface area contributed by atoms with Crippen LogP contribution in [0.4, 0.5) is 14.9 Å². The lowest BCUT2D eigenvalue weighted by Crippen LogP contribution is -2.39. The summed E-state index contributed by atoms with van der Waals surface area (Å²) < 4.78 is 19.8. The van der Waals surface area contributed by atoms with Gasteiger partial charge in [0, 0.05) is 66.8 Å². The Morgan fingerprint density at radius 3 is 2.52 bits per heavy atom. The van der Waals surface area contributed by atoms with E-state index in [9.17, 15) is 23.6 Å². The smallest absolute Gasteiger partial charge is 0.409 e. The molecule has 258 valence electrons. The van der Waals surface area contributed by atoms with Gasteiger partial charge in [0.25, 0.3) is 17.7 Å². The SMILES string of the molecule is CCN(CCNC(=O)c1c(C)[nH]c(/C=C2\C(=O)Nc3ccc(F)cc32)c1C)C(=O)OCC1c2ccccc2-c2c(C(=O)NCCN)cccc21. The number of carbonyl (C=O) groups excluding carboxylic acids is 4. The molecule has 1 aliphatic carbocycles. The summed E-state index contributed by atoms with van der Waals surface area (Å²) in [5.74, 6) is -1.61. The van der Waals surface area contributed by atoms with Crippen molar-refractivity contribution in [1.82, 2.24) is 20.5 Å². The fourth-order valence-corrected chi connectivity index (χ4v) is 6.73. The lowest BCUT2D eigenvalue weighted by Gasteiger charge is -2.22. The van der Waals surface area contributed by atoms with Crippen LogP contribution in [0.15, 0.2) is 60.7 Å². The molecule has 11 nitrogen and oxygen atoms in total. The van der Waals surface area contributed by atoms with Crippen molar-refractivity contribution in [3.63, 3.8) is 0 Å². The van der Waals surface area contributed by atoms with Crippen molar-refractivity contribution in [1.29, 1.82) is 0 Å². The first-order valence-electron chi connectivity index (χ1n) is 16.5. The maximum atomic E-state index is 13.9. The Hall–Kier alpha value is -5.75. The van der Waals surface area contributed by atoms with Crippen LogP contribution in [0, 0.1) is 19.7 Å². The number of hydrogen-bond donors (Lipinski definition) is 5. The van der Waals surface area contributed by atoms with Crippen molar-refractivity contribution in [3.8, 4) is 11.1 Å². The number of amides is 4. The quantitative estimate of drug-likeness (QED) is 0.141. The number of nitrogens with two attached hydrogens (primary N) is 1. The Morgan fingerprint density at radius 1 is 0.980 bits per heavy atom. The van der Waals surface area contributed by atoms with E-state index in [1.165, 1.54) is 23.1 Å². The summed E-state index contributed by atoms with van der Waals surface area (Å²) in [6.45, 7) is 6.89. The zero-order chi connectivity index (χ0) is 35.5. The molecule has 12 heteroatoms. The number of nitrogens with zero attached hydrogens (tertiary/aromatic N) is 1. The molecular formula is C38H39FN6O5. The van der Waals surface area contributed by atoms with E-state index in [2.05, 4.69) is 20.9 Å². The molecule has 6 N–H and O–H groups in total. The highest BCUT2D eigenvalue weighted by Gasteiger charge is 2.33. The van der Waals surface area contributed by atoms with Gasteiger partial charge < -0.3 is 36.3 Å². The van der Waals surface area contributed by atoms with E-state index in [0.717, 1.165) is 22.3 Å². The standard InChI is InChI=1S/C38H39FN6O5/c1-4-45(38(49)50-20-30-24-8-5-6-9-25(24)34-26(30)10-7-11-27(34)35(46)41-15-14-40)17-16-42-37(48)33-21(2)32(43-22(33)3)19-29-28-18-23(39)12-13-31(28)44-36(29)47/h5-13,18-19,30,43H,4,14-17,20,40H2,1-3H3,(H,41,46)(H,42,48)(H,44,47)/b29-19-. The van der Waals surface area contributed by atoms with Gasteiger partial charge in [-0.05, 0) is 78.9 Å². The largest absolute Gasteiger partial charge is 0.448 e. The molecule has 0 saturated heterocycles. The van der Waals surface area contributed by atoms with Crippen LogP contribution < -0.4 is 21.7 Å². The molecule has 0 saturated carbocycles. The molecule has 50 heavy (non-hydrogen) atoms. The maximum absolute atomic E-state index is 13.9. The molecule has 4 amide bonds. The van der Waals surface area contributed by atoms with Crippen molar-refractivity contribution in [2.45, 2.75) is 26.7 Å². The monoisotopic (exact) mass is 678 g/mol. The molecule has 1 aliphatic heterocycles. The van der Waals surface area contributed by atoms with Crippen molar-refractivity contribution >= 4 is 41.2 Å². The number of likely N-dealkylation sites (N-methyl/N-ethyl adjacent to an activating group) is 1. The number of hydrogen-bond acceptors (Lipinski definition) is 6. The molecular weight excluding hydrogens is 639 g/mol. The Morgan fingerprint density at radius 2 is 1.74 bits per heavy atom. The minimum atomic E-state index is -0.515. The van der Waals surface area contributed by atoms with Crippen molar-refractivity contribution in [2.75, 3.05) is 44.6 Å². The summed E-state index contributed by atoms with van der Waals surface area (Å²) in [5, 5.41) is 8.47. The van der Waals surface area contributed by atoms with Crippen LogP contribution in [0.1, 0.15) is 67.2 Å². The molecule has 1 aromatic heterocycles. The molecule has 6 rings (SSSR count). The van der Waals surface area contributed by atoms with Crippen molar-refractivity contribution < 1.29 is 28.3 Å². The minimum Gasteiger partial charge on any atom is -0.448 e. The Kier molecular flexibility index (Phi) is 9.82. The second-order valence-corrected chi connectivity index (χ2v) is 12.2. The Labute approximate surface area is 289 Å². The summed E-state index contributed by atoms with van der Waals surface area (Å²) in [4.78, 5) is 56.8. The molecule has 4 aromatic rings. The van der Waals surface area contributed by atoms with Gasteiger partial charge in [-0.3, -0.25) is 14.4 Å². The number of carbonyl (C=O) groups is 4. The third-order valence-electron chi connectivity index (χ3n) is 9.19. The van der Waals surface area contributed by atoms with Crippen LogP contribution in [0.2, 0.25) is 0 Å². The number of ether oxygens (including phenoxy) is 1. The number of benzene rings is 3. The fourth-order valence-electron chi connectivity index (χ4n) is 6.73.